The van der Waals surface area contributed by atoms with Crippen LogP contribution in [0.4, 0.5) is 17.1 Å². The highest BCUT2D eigenvalue weighted by atomic mass is 15.1. The number of fused-ring (bicyclic) bond motifs is 1. The van der Waals surface area contributed by atoms with Crippen LogP contribution in [0.15, 0.2) is 78.9 Å². The van der Waals surface area contributed by atoms with E-state index in [0.29, 0.717) is 0 Å². The number of nitrogens with zero attached hydrogens (tertiary/aromatic N) is 2. The summed E-state index contributed by atoms with van der Waals surface area (Å²) in [7, 11) is 8.30. The standard InChI is InChI=1S/C28H31N3/c1-6-29-28-25-10-8-7-9-22(25)19-26(20-11-15-23(16-12-20)30(2)3)27(28)21-13-17-24(18-14-21)31(4)5/h7-19,29H,6H2,1-5H3. The van der Waals surface area contributed by atoms with E-state index in [1.54, 1.807) is 0 Å². The van der Waals surface area contributed by atoms with Gasteiger partial charge < -0.3 is 15.1 Å². The lowest BCUT2D eigenvalue weighted by Gasteiger charge is -2.21. The van der Waals surface area contributed by atoms with Crippen molar-refractivity contribution in [1.82, 2.24) is 0 Å². The molecule has 0 unspecified atom stereocenters. The van der Waals surface area contributed by atoms with Gasteiger partial charge in [-0.15, -0.1) is 0 Å². The maximum absolute atomic E-state index is 3.68. The van der Waals surface area contributed by atoms with Crippen LogP contribution in [0.3, 0.4) is 0 Å². The van der Waals surface area contributed by atoms with Gasteiger partial charge in [-0.25, -0.2) is 0 Å². The molecule has 0 aliphatic heterocycles. The molecule has 0 aromatic heterocycles. The molecular weight excluding hydrogens is 378 g/mol. The van der Waals surface area contributed by atoms with Gasteiger partial charge >= 0.3 is 0 Å². The third-order valence-corrected chi connectivity index (χ3v) is 5.77. The van der Waals surface area contributed by atoms with E-state index in [1.165, 1.54) is 50.1 Å². The smallest absolute Gasteiger partial charge is 0.0505 e. The molecule has 31 heavy (non-hydrogen) atoms. The second-order valence-corrected chi connectivity index (χ2v) is 8.31. The highest BCUT2D eigenvalue weighted by Crippen LogP contribution is 2.43. The molecule has 0 radical (unpaired) electrons. The van der Waals surface area contributed by atoms with E-state index in [9.17, 15) is 0 Å². The van der Waals surface area contributed by atoms with Crippen molar-refractivity contribution in [3.05, 3.63) is 78.9 Å². The Morgan fingerprint density at radius 2 is 1.23 bits per heavy atom. The topological polar surface area (TPSA) is 18.5 Å². The van der Waals surface area contributed by atoms with Crippen LogP contribution < -0.4 is 15.1 Å². The van der Waals surface area contributed by atoms with E-state index in [-0.39, 0.29) is 0 Å². The molecule has 158 valence electrons. The van der Waals surface area contributed by atoms with Crippen LogP contribution in [-0.4, -0.2) is 34.7 Å². The third kappa shape index (κ3) is 4.09. The minimum absolute atomic E-state index is 0.871. The zero-order valence-corrected chi connectivity index (χ0v) is 19.1. The van der Waals surface area contributed by atoms with Gasteiger partial charge in [0.2, 0.25) is 0 Å². The van der Waals surface area contributed by atoms with Crippen molar-refractivity contribution in [3.63, 3.8) is 0 Å². The van der Waals surface area contributed by atoms with Gasteiger partial charge in [0.15, 0.2) is 0 Å². The monoisotopic (exact) mass is 409 g/mol. The van der Waals surface area contributed by atoms with Crippen LogP contribution in [0.2, 0.25) is 0 Å². The summed E-state index contributed by atoms with van der Waals surface area (Å²) in [6, 6.07) is 28.7. The molecule has 4 rings (SSSR count). The summed E-state index contributed by atoms with van der Waals surface area (Å²) >= 11 is 0. The molecule has 1 N–H and O–H groups in total. The highest BCUT2D eigenvalue weighted by molar-refractivity contribution is 6.08. The first-order valence-electron chi connectivity index (χ1n) is 10.8. The number of anilines is 3. The molecule has 0 spiro atoms. The molecule has 0 aliphatic rings. The van der Waals surface area contributed by atoms with Crippen LogP contribution in [0, 0.1) is 0 Å². The van der Waals surface area contributed by atoms with Crippen LogP contribution in [0.25, 0.3) is 33.0 Å². The maximum Gasteiger partial charge on any atom is 0.0505 e. The van der Waals surface area contributed by atoms with Gasteiger partial charge in [-0.3, -0.25) is 0 Å². The van der Waals surface area contributed by atoms with Crippen LogP contribution in [0.1, 0.15) is 6.92 Å². The van der Waals surface area contributed by atoms with Crippen LogP contribution in [0.5, 0.6) is 0 Å². The maximum atomic E-state index is 3.68. The summed E-state index contributed by atoms with van der Waals surface area (Å²) in [5, 5.41) is 6.18. The average Bonchev–Trinajstić information content (AvgIpc) is 2.79. The van der Waals surface area contributed by atoms with E-state index in [0.717, 1.165) is 6.54 Å². The van der Waals surface area contributed by atoms with Crippen LogP contribution in [-0.2, 0) is 0 Å². The SMILES string of the molecule is CCNc1c(-c2ccc(N(C)C)cc2)c(-c2ccc(N(C)C)cc2)cc2ccccc12. The number of nitrogens with one attached hydrogen (secondary N) is 1. The van der Waals surface area contributed by atoms with Crippen molar-refractivity contribution in [2.24, 2.45) is 0 Å². The molecule has 3 nitrogen and oxygen atoms in total. The first-order chi connectivity index (χ1) is 15.0. The van der Waals surface area contributed by atoms with E-state index < -0.39 is 0 Å². The molecule has 0 heterocycles. The van der Waals surface area contributed by atoms with Gasteiger partial charge in [-0.05, 0) is 59.3 Å². The zero-order chi connectivity index (χ0) is 22.0. The largest absolute Gasteiger partial charge is 0.384 e. The lowest BCUT2D eigenvalue weighted by atomic mass is 9.89. The van der Waals surface area contributed by atoms with Crippen molar-refractivity contribution >= 4 is 27.8 Å². The lowest BCUT2D eigenvalue weighted by molar-refractivity contribution is 1.13. The lowest BCUT2D eigenvalue weighted by Crippen LogP contribution is -2.08. The van der Waals surface area contributed by atoms with Gasteiger partial charge in [-0.2, -0.15) is 0 Å². The molecule has 3 heteroatoms. The third-order valence-electron chi connectivity index (χ3n) is 5.77. The van der Waals surface area contributed by atoms with Gasteiger partial charge in [0.05, 0.1) is 5.69 Å². The van der Waals surface area contributed by atoms with E-state index in [4.69, 9.17) is 0 Å². The molecule has 4 aromatic carbocycles. The van der Waals surface area contributed by atoms with Gasteiger partial charge in [0.25, 0.3) is 0 Å². The van der Waals surface area contributed by atoms with Gasteiger partial charge in [0, 0.05) is 57.1 Å². The average molecular weight is 410 g/mol. The highest BCUT2D eigenvalue weighted by Gasteiger charge is 2.17. The molecular formula is C28H31N3. The Balaban J connectivity index is 2.00. The number of rotatable bonds is 6. The molecule has 0 atom stereocenters. The minimum atomic E-state index is 0.871. The Hall–Kier alpha value is -3.46. The molecule has 0 fully saturated rings. The molecule has 0 amide bonds. The Labute approximate surface area is 185 Å². The first-order valence-corrected chi connectivity index (χ1v) is 10.8. The van der Waals surface area contributed by atoms with Crippen molar-refractivity contribution in [3.8, 4) is 22.3 Å². The minimum Gasteiger partial charge on any atom is -0.384 e. The van der Waals surface area contributed by atoms with Crippen LogP contribution >= 0.6 is 0 Å². The molecule has 0 saturated heterocycles. The summed E-state index contributed by atoms with van der Waals surface area (Å²) in [5.74, 6) is 0. The summed E-state index contributed by atoms with van der Waals surface area (Å²) in [6.07, 6.45) is 0. The van der Waals surface area contributed by atoms with Gasteiger partial charge in [-0.1, -0.05) is 48.5 Å². The van der Waals surface area contributed by atoms with Crippen molar-refractivity contribution in [2.45, 2.75) is 6.92 Å². The fraction of sp³-hybridized carbons (Fsp3) is 0.214. The fourth-order valence-electron chi connectivity index (χ4n) is 4.10. The van der Waals surface area contributed by atoms with Crippen molar-refractivity contribution in [1.29, 1.82) is 0 Å². The molecule has 4 aromatic rings. The normalized spacial score (nSPS) is 10.9. The van der Waals surface area contributed by atoms with E-state index in [2.05, 4.69) is 129 Å². The Kier molecular flexibility index (Phi) is 5.85. The number of benzene rings is 4. The fourth-order valence-corrected chi connectivity index (χ4v) is 4.10. The number of hydrogen-bond donors (Lipinski definition) is 1. The summed E-state index contributed by atoms with van der Waals surface area (Å²) in [6.45, 7) is 3.03. The molecule has 0 bridgehead atoms. The first kappa shape index (κ1) is 20.8. The van der Waals surface area contributed by atoms with Crippen molar-refractivity contribution in [2.75, 3.05) is 49.9 Å². The van der Waals surface area contributed by atoms with Crippen molar-refractivity contribution < 1.29 is 0 Å². The van der Waals surface area contributed by atoms with E-state index in [1.807, 2.05) is 0 Å². The summed E-state index contributed by atoms with van der Waals surface area (Å²) < 4.78 is 0. The second-order valence-electron chi connectivity index (χ2n) is 8.31. The Bertz CT molecular complexity index is 1170. The second kappa shape index (κ2) is 8.73. The Morgan fingerprint density at radius 3 is 1.77 bits per heavy atom. The van der Waals surface area contributed by atoms with E-state index >= 15 is 0 Å². The quantitative estimate of drug-likeness (QED) is 0.380. The number of hydrogen-bond acceptors (Lipinski definition) is 3. The summed E-state index contributed by atoms with van der Waals surface area (Å²) in [4.78, 5) is 4.27. The Morgan fingerprint density at radius 1 is 0.677 bits per heavy atom. The molecule has 0 aliphatic carbocycles. The van der Waals surface area contributed by atoms with Gasteiger partial charge in [0.1, 0.15) is 0 Å². The zero-order valence-electron chi connectivity index (χ0n) is 19.1. The molecule has 0 saturated carbocycles. The predicted molar refractivity (Wildman–Crippen MR) is 138 cm³/mol. The summed E-state index contributed by atoms with van der Waals surface area (Å²) in [5.41, 5.74) is 8.55. The predicted octanol–water partition coefficient (Wildman–Crippen LogP) is 6.74.